The van der Waals surface area contributed by atoms with Gasteiger partial charge in [0.1, 0.15) is 24.7 Å². The molecule has 1 aromatic heterocycles. The van der Waals surface area contributed by atoms with Crippen LogP contribution in [0.2, 0.25) is 0 Å². The second kappa shape index (κ2) is 10.7. The lowest BCUT2D eigenvalue weighted by Crippen LogP contribution is -2.48. The van der Waals surface area contributed by atoms with E-state index in [2.05, 4.69) is 11.4 Å². The predicted octanol–water partition coefficient (Wildman–Crippen LogP) is 5.12. The third kappa shape index (κ3) is 5.26. The standard InChI is InChI=1S/C29H32N2O4S/c1-20-7-3-5-9-25(20)35-19-24-22-14-16-36-27(22)13-15-31(24)28(32)18-30(17-21-11-12-21)29(33)23-8-4-6-10-26(23)34-2/h3-10,14,16,21,24H,11-13,15,17-19H2,1-2H3/t24-/m1/s1. The van der Waals surface area contributed by atoms with Gasteiger partial charge >= 0.3 is 0 Å². The van der Waals surface area contributed by atoms with Gasteiger partial charge in [-0.1, -0.05) is 30.3 Å². The van der Waals surface area contributed by atoms with E-state index in [1.54, 1.807) is 35.5 Å². The van der Waals surface area contributed by atoms with E-state index in [-0.39, 0.29) is 24.4 Å². The summed E-state index contributed by atoms with van der Waals surface area (Å²) in [7, 11) is 1.56. The molecule has 0 unspecified atom stereocenters. The Balaban J connectivity index is 1.36. The first-order valence-corrected chi connectivity index (χ1v) is 13.4. The fourth-order valence-electron chi connectivity index (χ4n) is 4.84. The molecule has 0 bridgehead atoms. The molecule has 0 saturated heterocycles. The lowest BCUT2D eigenvalue weighted by Gasteiger charge is -2.37. The van der Waals surface area contributed by atoms with Gasteiger partial charge in [0, 0.05) is 18.0 Å². The van der Waals surface area contributed by atoms with Crippen LogP contribution in [-0.2, 0) is 11.2 Å². The third-order valence-corrected chi connectivity index (χ3v) is 8.03. The van der Waals surface area contributed by atoms with Gasteiger partial charge in [0.05, 0.1) is 18.7 Å². The third-order valence-electron chi connectivity index (χ3n) is 7.03. The fourth-order valence-corrected chi connectivity index (χ4v) is 5.77. The molecule has 0 N–H and O–H groups in total. The Morgan fingerprint density at radius 2 is 1.81 bits per heavy atom. The number of hydrogen-bond acceptors (Lipinski definition) is 5. The summed E-state index contributed by atoms with van der Waals surface area (Å²) in [6.45, 7) is 3.66. The average Bonchev–Trinajstić information content (AvgIpc) is 3.59. The quantitative estimate of drug-likeness (QED) is 0.406. The van der Waals surface area contributed by atoms with Gasteiger partial charge in [0.2, 0.25) is 5.91 Å². The zero-order valence-electron chi connectivity index (χ0n) is 20.8. The van der Waals surface area contributed by atoms with Crippen LogP contribution < -0.4 is 9.47 Å². The normalized spacial score (nSPS) is 16.8. The Hall–Kier alpha value is -3.32. The number of rotatable bonds is 9. The van der Waals surface area contributed by atoms with Crippen molar-refractivity contribution < 1.29 is 19.1 Å². The van der Waals surface area contributed by atoms with E-state index in [9.17, 15) is 9.59 Å². The number of hydrogen-bond donors (Lipinski definition) is 0. The number of amides is 2. The highest BCUT2D eigenvalue weighted by Crippen LogP contribution is 2.35. The van der Waals surface area contributed by atoms with Crippen molar-refractivity contribution in [2.75, 3.05) is 33.4 Å². The van der Waals surface area contributed by atoms with E-state index < -0.39 is 0 Å². The minimum absolute atomic E-state index is 0.0471. The smallest absolute Gasteiger partial charge is 0.258 e. The van der Waals surface area contributed by atoms with Crippen molar-refractivity contribution in [2.24, 2.45) is 5.92 Å². The molecule has 2 aliphatic rings. The first-order valence-electron chi connectivity index (χ1n) is 12.5. The highest BCUT2D eigenvalue weighted by atomic mass is 32.1. The summed E-state index contributed by atoms with van der Waals surface area (Å²) in [4.78, 5) is 32.2. The SMILES string of the molecule is COc1ccccc1C(=O)N(CC(=O)N1CCc2sccc2[C@H]1COc1ccccc1C)CC1CC1. The van der Waals surface area contributed by atoms with Crippen LogP contribution in [0.1, 0.15) is 45.2 Å². The molecule has 1 saturated carbocycles. The lowest BCUT2D eigenvalue weighted by atomic mass is 10.00. The highest BCUT2D eigenvalue weighted by molar-refractivity contribution is 7.10. The molecule has 6 nitrogen and oxygen atoms in total. The van der Waals surface area contributed by atoms with Gasteiger partial charge < -0.3 is 19.3 Å². The van der Waals surface area contributed by atoms with Crippen molar-refractivity contribution in [2.45, 2.75) is 32.2 Å². The molecular weight excluding hydrogens is 472 g/mol. The second-order valence-electron chi connectivity index (χ2n) is 9.56. The molecule has 7 heteroatoms. The summed E-state index contributed by atoms with van der Waals surface area (Å²) >= 11 is 1.73. The molecule has 0 spiro atoms. The number of thiophene rings is 1. The highest BCUT2D eigenvalue weighted by Gasteiger charge is 2.35. The Morgan fingerprint density at radius 1 is 1.06 bits per heavy atom. The molecule has 188 valence electrons. The van der Waals surface area contributed by atoms with Gasteiger partial charge in [-0.2, -0.15) is 0 Å². The molecule has 36 heavy (non-hydrogen) atoms. The topological polar surface area (TPSA) is 59.1 Å². The van der Waals surface area contributed by atoms with Crippen LogP contribution in [0, 0.1) is 12.8 Å². The zero-order valence-corrected chi connectivity index (χ0v) is 21.6. The summed E-state index contributed by atoms with van der Waals surface area (Å²) in [5, 5.41) is 2.09. The van der Waals surface area contributed by atoms with E-state index in [0.717, 1.165) is 36.1 Å². The van der Waals surface area contributed by atoms with E-state index >= 15 is 0 Å². The van der Waals surface area contributed by atoms with Crippen LogP contribution in [0.5, 0.6) is 11.5 Å². The predicted molar refractivity (Wildman–Crippen MR) is 141 cm³/mol. The molecule has 2 aromatic carbocycles. The zero-order chi connectivity index (χ0) is 25.1. The van der Waals surface area contributed by atoms with Gasteiger partial charge in [-0.15, -0.1) is 11.3 Å². The van der Waals surface area contributed by atoms with Gasteiger partial charge in [0.15, 0.2) is 0 Å². The Morgan fingerprint density at radius 3 is 2.56 bits per heavy atom. The molecular formula is C29H32N2O4S. The first kappa shape index (κ1) is 24.4. The number of aryl methyl sites for hydroxylation is 1. The lowest BCUT2D eigenvalue weighted by molar-refractivity contribution is -0.135. The van der Waals surface area contributed by atoms with Crippen molar-refractivity contribution in [3.63, 3.8) is 0 Å². The van der Waals surface area contributed by atoms with E-state index in [0.29, 0.717) is 36.9 Å². The minimum Gasteiger partial charge on any atom is -0.496 e. The maximum Gasteiger partial charge on any atom is 0.258 e. The van der Waals surface area contributed by atoms with Gasteiger partial charge in [-0.3, -0.25) is 9.59 Å². The van der Waals surface area contributed by atoms with E-state index in [1.165, 1.54) is 4.88 Å². The molecule has 2 heterocycles. The number of benzene rings is 2. The van der Waals surface area contributed by atoms with Crippen LogP contribution in [0.4, 0.5) is 0 Å². The van der Waals surface area contributed by atoms with Crippen LogP contribution >= 0.6 is 11.3 Å². The number of nitrogens with zero attached hydrogens (tertiary/aromatic N) is 2. The summed E-state index contributed by atoms with van der Waals surface area (Å²) < 4.78 is 11.7. The summed E-state index contributed by atoms with van der Waals surface area (Å²) in [5.74, 6) is 1.61. The summed E-state index contributed by atoms with van der Waals surface area (Å²) in [6, 6.07) is 17.1. The number of ether oxygens (including phenoxy) is 2. The Labute approximate surface area is 216 Å². The van der Waals surface area contributed by atoms with Crippen LogP contribution in [0.15, 0.2) is 60.0 Å². The number of carbonyl (C=O) groups excluding carboxylic acids is 2. The maximum absolute atomic E-state index is 13.8. The summed E-state index contributed by atoms with van der Waals surface area (Å²) in [6.07, 6.45) is 3.01. The number of carbonyl (C=O) groups is 2. The number of methoxy groups -OCH3 is 1. The average molecular weight is 505 g/mol. The molecule has 0 radical (unpaired) electrons. The van der Waals surface area contributed by atoms with Crippen molar-refractivity contribution in [3.8, 4) is 11.5 Å². The molecule has 1 aliphatic heterocycles. The van der Waals surface area contributed by atoms with Gasteiger partial charge in [-0.05, 0) is 72.9 Å². The van der Waals surface area contributed by atoms with E-state index in [1.807, 2.05) is 48.2 Å². The van der Waals surface area contributed by atoms with Crippen molar-refractivity contribution in [1.29, 1.82) is 0 Å². The Bertz CT molecular complexity index is 1240. The molecule has 1 atom stereocenters. The first-order chi connectivity index (χ1) is 17.5. The van der Waals surface area contributed by atoms with E-state index in [4.69, 9.17) is 9.47 Å². The minimum atomic E-state index is -0.184. The van der Waals surface area contributed by atoms with Crippen molar-refractivity contribution in [1.82, 2.24) is 9.80 Å². The summed E-state index contributed by atoms with van der Waals surface area (Å²) in [5.41, 5.74) is 2.71. The largest absolute Gasteiger partial charge is 0.496 e. The monoisotopic (exact) mass is 504 g/mol. The molecule has 1 fully saturated rings. The van der Waals surface area contributed by atoms with Crippen molar-refractivity contribution in [3.05, 3.63) is 81.5 Å². The molecule has 3 aromatic rings. The van der Waals surface area contributed by atoms with Crippen LogP contribution in [0.3, 0.4) is 0 Å². The van der Waals surface area contributed by atoms with Gasteiger partial charge in [0.25, 0.3) is 5.91 Å². The van der Waals surface area contributed by atoms with Crippen LogP contribution in [0.25, 0.3) is 0 Å². The fraction of sp³-hybridized carbons (Fsp3) is 0.379. The Kier molecular flexibility index (Phi) is 7.28. The maximum atomic E-state index is 13.8. The molecule has 1 aliphatic carbocycles. The van der Waals surface area contributed by atoms with Gasteiger partial charge in [-0.25, -0.2) is 0 Å². The van der Waals surface area contributed by atoms with Crippen LogP contribution in [-0.4, -0.2) is 55.0 Å². The molecule has 5 rings (SSSR count). The number of para-hydroxylation sites is 2. The second-order valence-corrected chi connectivity index (χ2v) is 10.6. The van der Waals surface area contributed by atoms with Crippen molar-refractivity contribution >= 4 is 23.2 Å². The number of fused-ring (bicyclic) bond motifs is 1. The molecule has 2 amide bonds.